The van der Waals surface area contributed by atoms with Gasteiger partial charge in [-0.3, -0.25) is 4.79 Å². The lowest BCUT2D eigenvalue weighted by atomic mass is 9.65. The normalized spacial score (nSPS) is 18.7. The number of rotatable bonds is 11. The van der Waals surface area contributed by atoms with Crippen LogP contribution in [0.5, 0.6) is 5.75 Å². The summed E-state index contributed by atoms with van der Waals surface area (Å²) in [4.78, 5) is 12.5. The van der Waals surface area contributed by atoms with Gasteiger partial charge in [0.2, 0.25) is 0 Å². The van der Waals surface area contributed by atoms with Crippen molar-refractivity contribution >= 4 is 13.1 Å². The second-order valence-corrected chi connectivity index (χ2v) is 8.69. The van der Waals surface area contributed by atoms with Crippen LogP contribution in [0.2, 0.25) is 0 Å². The summed E-state index contributed by atoms with van der Waals surface area (Å²) in [6, 6.07) is 4.57. The largest absolute Gasteiger partial charge is 0.490 e. The molecule has 32 heavy (non-hydrogen) atoms. The summed E-state index contributed by atoms with van der Waals surface area (Å²) in [5, 5.41) is 28.7. The van der Waals surface area contributed by atoms with E-state index in [1.807, 2.05) is 4.90 Å². The summed E-state index contributed by atoms with van der Waals surface area (Å²) in [6.07, 6.45) is -0.930. The second kappa shape index (κ2) is 11.4. The fourth-order valence-corrected chi connectivity index (χ4v) is 4.24. The number of carboxylic acid groups (broad SMARTS) is 1. The minimum Gasteiger partial charge on any atom is -0.490 e. The summed E-state index contributed by atoms with van der Waals surface area (Å²) < 4.78 is 43.9. The van der Waals surface area contributed by atoms with Crippen molar-refractivity contribution in [1.82, 2.24) is 4.90 Å². The molecule has 1 fully saturated rings. The maximum Gasteiger partial charge on any atom is 0.471 e. The Labute approximate surface area is 186 Å². The van der Waals surface area contributed by atoms with Gasteiger partial charge >= 0.3 is 19.3 Å². The van der Waals surface area contributed by atoms with E-state index in [-0.39, 0.29) is 12.5 Å². The standard InChI is InChI=1S/C21H32BF3N2O5/c1-20(26,12-4-2-3-5-18(28)29)19(22(30)31)27-13-10-17(11-14-27)32-16-8-6-15(7-9-16)21(23,24)25/h6-9,17,19,30-31H,2-5,10-14,26H2,1H3,(H,28,29). The van der Waals surface area contributed by atoms with Crippen LogP contribution in [0, 0.1) is 0 Å². The lowest BCUT2D eigenvalue weighted by Crippen LogP contribution is -2.65. The third kappa shape index (κ3) is 7.95. The number of hydrogen-bond acceptors (Lipinski definition) is 6. The molecule has 0 spiro atoms. The monoisotopic (exact) mass is 460 g/mol. The van der Waals surface area contributed by atoms with Crippen molar-refractivity contribution in [2.24, 2.45) is 5.73 Å². The summed E-state index contributed by atoms with van der Waals surface area (Å²) in [5.41, 5.74) is 4.82. The molecule has 1 heterocycles. The van der Waals surface area contributed by atoms with Gasteiger partial charge in [0, 0.05) is 25.0 Å². The van der Waals surface area contributed by atoms with E-state index < -0.39 is 36.3 Å². The highest BCUT2D eigenvalue weighted by Crippen LogP contribution is 2.31. The Morgan fingerprint density at radius 2 is 1.78 bits per heavy atom. The van der Waals surface area contributed by atoms with Gasteiger partial charge in [0.1, 0.15) is 11.9 Å². The van der Waals surface area contributed by atoms with Gasteiger partial charge in [-0.15, -0.1) is 0 Å². The summed E-state index contributed by atoms with van der Waals surface area (Å²) in [6.45, 7) is 2.76. The number of nitrogens with zero attached hydrogens (tertiary/aromatic N) is 1. The highest BCUT2D eigenvalue weighted by Gasteiger charge is 2.43. The molecule has 2 unspecified atom stereocenters. The maximum absolute atomic E-state index is 12.7. The van der Waals surface area contributed by atoms with Gasteiger partial charge < -0.3 is 30.5 Å². The molecule has 0 bridgehead atoms. The molecule has 5 N–H and O–H groups in total. The lowest BCUT2D eigenvalue weighted by Gasteiger charge is -2.44. The number of halogens is 3. The Morgan fingerprint density at radius 3 is 2.28 bits per heavy atom. The molecule has 2 rings (SSSR count). The first kappa shape index (κ1) is 26.4. The first-order valence-electron chi connectivity index (χ1n) is 10.8. The molecule has 0 saturated carbocycles. The number of alkyl halides is 3. The third-order valence-corrected chi connectivity index (χ3v) is 5.92. The van der Waals surface area contributed by atoms with E-state index in [1.54, 1.807) is 6.92 Å². The van der Waals surface area contributed by atoms with Crippen LogP contribution < -0.4 is 10.5 Å². The Balaban J connectivity index is 1.87. The van der Waals surface area contributed by atoms with Crippen molar-refractivity contribution in [3.05, 3.63) is 29.8 Å². The number of aliphatic carboxylic acids is 1. The van der Waals surface area contributed by atoms with E-state index >= 15 is 0 Å². The topological polar surface area (TPSA) is 116 Å². The molecule has 0 aliphatic carbocycles. The first-order chi connectivity index (χ1) is 14.9. The molecule has 1 aliphatic heterocycles. The molecule has 1 aliphatic rings. The second-order valence-electron chi connectivity index (χ2n) is 8.69. The lowest BCUT2D eigenvalue weighted by molar-refractivity contribution is -0.138. The van der Waals surface area contributed by atoms with Gasteiger partial charge in [0.05, 0.1) is 11.5 Å². The van der Waals surface area contributed by atoms with E-state index in [4.69, 9.17) is 15.6 Å². The predicted octanol–water partition coefficient (Wildman–Crippen LogP) is 2.68. The van der Waals surface area contributed by atoms with Crippen LogP contribution in [0.3, 0.4) is 0 Å². The average molecular weight is 460 g/mol. The van der Waals surface area contributed by atoms with Crippen LogP contribution in [0.4, 0.5) is 13.2 Å². The molecule has 2 atom stereocenters. The molecule has 1 aromatic carbocycles. The van der Waals surface area contributed by atoms with Crippen molar-refractivity contribution in [3.63, 3.8) is 0 Å². The first-order valence-corrected chi connectivity index (χ1v) is 10.8. The SMILES string of the molecule is CC(N)(CCCCCC(=O)O)C(B(O)O)N1CCC(Oc2ccc(C(F)(F)F)cc2)CC1. The van der Waals surface area contributed by atoms with Gasteiger partial charge in [-0.25, -0.2) is 0 Å². The fourth-order valence-electron chi connectivity index (χ4n) is 4.24. The zero-order valence-corrected chi connectivity index (χ0v) is 18.2. The van der Waals surface area contributed by atoms with Crippen molar-refractivity contribution in [2.75, 3.05) is 13.1 Å². The number of ether oxygens (including phenoxy) is 1. The van der Waals surface area contributed by atoms with Crippen LogP contribution in [-0.4, -0.2) is 63.8 Å². The van der Waals surface area contributed by atoms with Crippen molar-refractivity contribution < 1.29 is 37.9 Å². The summed E-state index contributed by atoms with van der Waals surface area (Å²) in [5.74, 6) is -1.18. The Hall–Kier alpha value is -1.82. The number of benzene rings is 1. The number of unbranched alkanes of at least 4 members (excludes halogenated alkanes) is 2. The highest BCUT2D eigenvalue weighted by atomic mass is 19.4. The molecule has 11 heteroatoms. The molecular formula is C21H32BF3N2O5. The number of hydrogen-bond donors (Lipinski definition) is 4. The fraction of sp³-hybridized carbons (Fsp3) is 0.667. The zero-order valence-electron chi connectivity index (χ0n) is 18.2. The molecule has 1 aromatic rings. The van der Waals surface area contributed by atoms with Crippen LogP contribution in [-0.2, 0) is 11.0 Å². The minimum atomic E-state index is -4.39. The molecule has 7 nitrogen and oxygen atoms in total. The minimum absolute atomic E-state index is 0.0970. The molecule has 0 amide bonds. The van der Waals surface area contributed by atoms with Gasteiger partial charge in [-0.2, -0.15) is 13.2 Å². The number of nitrogens with two attached hydrogens (primary N) is 1. The molecule has 0 aromatic heterocycles. The average Bonchev–Trinajstić information content (AvgIpc) is 2.68. The summed E-state index contributed by atoms with van der Waals surface area (Å²) in [7, 11) is -1.64. The van der Waals surface area contributed by atoms with Crippen molar-refractivity contribution in [3.8, 4) is 5.75 Å². The van der Waals surface area contributed by atoms with Crippen LogP contribution >= 0.6 is 0 Å². The Kier molecular flexibility index (Phi) is 9.38. The van der Waals surface area contributed by atoms with Crippen LogP contribution in [0.25, 0.3) is 0 Å². The van der Waals surface area contributed by atoms with E-state index in [0.29, 0.717) is 57.4 Å². The molecule has 1 saturated heterocycles. The quantitative estimate of drug-likeness (QED) is 0.296. The van der Waals surface area contributed by atoms with Gasteiger partial charge in [0.25, 0.3) is 0 Å². The van der Waals surface area contributed by atoms with E-state index in [0.717, 1.165) is 12.1 Å². The summed E-state index contributed by atoms with van der Waals surface area (Å²) >= 11 is 0. The van der Waals surface area contributed by atoms with Crippen LogP contribution in [0.1, 0.15) is 57.4 Å². The Bertz CT molecular complexity index is 723. The van der Waals surface area contributed by atoms with Crippen LogP contribution in [0.15, 0.2) is 24.3 Å². The van der Waals surface area contributed by atoms with E-state index in [9.17, 15) is 28.0 Å². The molecular weight excluding hydrogens is 428 g/mol. The highest BCUT2D eigenvalue weighted by molar-refractivity contribution is 6.43. The maximum atomic E-state index is 12.7. The number of carboxylic acids is 1. The van der Waals surface area contributed by atoms with Crippen molar-refractivity contribution in [1.29, 1.82) is 0 Å². The van der Waals surface area contributed by atoms with Gasteiger partial charge in [-0.05, 0) is 56.9 Å². The molecule has 0 radical (unpaired) electrons. The number of piperidine rings is 1. The zero-order chi connectivity index (χ0) is 23.9. The third-order valence-electron chi connectivity index (χ3n) is 5.92. The van der Waals surface area contributed by atoms with Gasteiger partial charge in [0.15, 0.2) is 0 Å². The molecule has 180 valence electrons. The van der Waals surface area contributed by atoms with Crippen molar-refractivity contribution in [2.45, 2.75) is 75.6 Å². The predicted molar refractivity (Wildman–Crippen MR) is 114 cm³/mol. The Morgan fingerprint density at radius 1 is 1.19 bits per heavy atom. The smallest absolute Gasteiger partial charge is 0.471 e. The van der Waals surface area contributed by atoms with E-state index in [2.05, 4.69) is 0 Å². The number of carbonyl (C=O) groups is 1. The van der Waals surface area contributed by atoms with E-state index in [1.165, 1.54) is 12.1 Å². The van der Waals surface area contributed by atoms with Gasteiger partial charge in [-0.1, -0.05) is 12.8 Å². The number of likely N-dealkylation sites (tertiary alicyclic amines) is 1.